The van der Waals surface area contributed by atoms with Crippen LogP contribution in [0.1, 0.15) is 11.6 Å². The third-order valence-corrected chi connectivity index (χ3v) is 1.22. The molecular formula is C6H7N3. The van der Waals surface area contributed by atoms with Crippen LogP contribution in [0.5, 0.6) is 0 Å². The predicted octanol–water partition coefficient (Wildman–Crippen LogP) is 0.105. The number of aryl methyl sites for hydroxylation is 1. The molecule has 1 rings (SSSR count). The Bertz CT molecular complexity index is 254. The summed E-state index contributed by atoms with van der Waals surface area (Å²) in [4.78, 5) is 0. The number of nitrogens with zero attached hydrogens (tertiary/aromatic N) is 3. The minimum Gasteiger partial charge on any atom is -0.308 e. The number of terminal acetylenes is 1. The summed E-state index contributed by atoms with van der Waals surface area (Å²) in [7, 11) is 1.84. The molecule has 3 heteroatoms. The summed E-state index contributed by atoms with van der Waals surface area (Å²) >= 11 is 0. The quantitative estimate of drug-likeness (QED) is 0.456. The Hall–Kier alpha value is -1.30. The molecule has 46 valence electrons. The van der Waals surface area contributed by atoms with Crippen LogP contribution in [0.2, 0.25) is 0 Å². The van der Waals surface area contributed by atoms with Gasteiger partial charge in [0.1, 0.15) is 5.82 Å². The molecule has 0 amide bonds. The van der Waals surface area contributed by atoms with E-state index in [2.05, 4.69) is 16.1 Å². The fourth-order valence-corrected chi connectivity index (χ4v) is 0.533. The van der Waals surface area contributed by atoms with Gasteiger partial charge in [0.25, 0.3) is 0 Å². The minimum atomic E-state index is 0.576. The number of rotatable bonds is 0. The van der Waals surface area contributed by atoms with Crippen LogP contribution in [0, 0.1) is 19.3 Å². The smallest absolute Gasteiger partial charge is 0.207 e. The zero-order chi connectivity index (χ0) is 6.85. The zero-order valence-corrected chi connectivity index (χ0v) is 5.42. The van der Waals surface area contributed by atoms with Crippen molar-refractivity contribution in [2.45, 2.75) is 6.92 Å². The van der Waals surface area contributed by atoms with Crippen LogP contribution in [0.3, 0.4) is 0 Å². The molecule has 3 nitrogen and oxygen atoms in total. The minimum absolute atomic E-state index is 0.576. The average molecular weight is 121 g/mol. The molecule has 0 aliphatic carbocycles. The van der Waals surface area contributed by atoms with E-state index in [4.69, 9.17) is 6.42 Å². The van der Waals surface area contributed by atoms with Gasteiger partial charge in [-0.3, -0.25) is 0 Å². The van der Waals surface area contributed by atoms with Crippen molar-refractivity contribution in [3.05, 3.63) is 11.6 Å². The summed E-state index contributed by atoms with van der Waals surface area (Å²) in [6.07, 6.45) is 5.09. The molecule has 0 aliphatic rings. The highest BCUT2D eigenvalue weighted by Gasteiger charge is 1.98. The van der Waals surface area contributed by atoms with E-state index in [9.17, 15) is 0 Å². The average Bonchev–Trinajstić information content (AvgIpc) is 2.15. The Kier molecular flexibility index (Phi) is 1.23. The molecule has 0 spiro atoms. The topological polar surface area (TPSA) is 30.7 Å². The highest BCUT2D eigenvalue weighted by molar-refractivity contribution is 5.15. The van der Waals surface area contributed by atoms with Crippen molar-refractivity contribution in [2.75, 3.05) is 0 Å². The third-order valence-electron chi connectivity index (χ3n) is 1.22. The van der Waals surface area contributed by atoms with Crippen molar-refractivity contribution < 1.29 is 0 Å². The Morgan fingerprint density at radius 1 is 1.56 bits per heavy atom. The van der Waals surface area contributed by atoms with Gasteiger partial charge < -0.3 is 4.57 Å². The van der Waals surface area contributed by atoms with Gasteiger partial charge in [-0.25, -0.2) is 0 Å². The summed E-state index contributed by atoms with van der Waals surface area (Å²) in [6, 6.07) is 0. The van der Waals surface area contributed by atoms with Crippen LogP contribution < -0.4 is 0 Å². The fraction of sp³-hybridized carbons (Fsp3) is 0.333. The summed E-state index contributed by atoms with van der Waals surface area (Å²) in [6.45, 7) is 1.86. The molecule has 0 saturated carbocycles. The molecule has 1 aromatic heterocycles. The molecule has 0 bridgehead atoms. The maximum absolute atomic E-state index is 5.09. The van der Waals surface area contributed by atoms with E-state index in [0.717, 1.165) is 5.82 Å². The second-order valence-corrected chi connectivity index (χ2v) is 1.77. The van der Waals surface area contributed by atoms with Gasteiger partial charge >= 0.3 is 0 Å². The summed E-state index contributed by atoms with van der Waals surface area (Å²) in [5.41, 5.74) is 0. The molecule has 1 heterocycles. The van der Waals surface area contributed by atoms with E-state index in [0.29, 0.717) is 5.82 Å². The molecule has 0 saturated heterocycles. The van der Waals surface area contributed by atoms with E-state index < -0.39 is 0 Å². The molecule has 0 radical (unpaired) electrons. The van der Waals surface area contributed by atoms with Crippen molar-refractivity contribution in [3.63, 3.8) is 0 Å². The van der Waals surface area contributed by atoms with Crippen LogP contribution >= 0.6 is 0 Å². The maximum atomic E-state index is 5.09. The number of hydrogen-bond acceptors (Lipinski definition) is 2. The first-order valence-electron chi connectivity index (χ1n) is 2.58. The van der Waals surface area contributed by atoms with Crippen LogP contribution in [-0.4, -0.2) is 14.8 Å². The van der Waals surface area contributed by atoms with Gasteiger partial charge in [0.15, 0.2) is 0 Å². The maximum Gasteiger partial charge on any atom is 0.207 e. The Morgan fingerprint density at radius 3 is 2.44 bits per heavy atom. The lowest BCUT2D eigenvalue weighted by Gasteiger charge is -1.90. The van der Waals surface area contributed by atoms with Crippen LogP contribution in [0.25, 0.3) is 0 Å². The monoisotopic (exact) mass is 121 g/mol. The summed E-state index contributed by atoms with van der Waals surface area (Å²) < 4.78 is 1.76. The molecule has 1 aromatic rings. The zero-order valence-electron chi connectivity index (χ0n) is 5.42. The predicted molar refractivity (Wildman–Crippen MR) is 33.7 cm³/mol. The van der Waals surface area contributed by atoms with Crippen LogP contribution in [0.4, 0.5) is 0 Å². The first kappa shape index (κ1) is 5.83. The number of hydrogen-bond donors (Lipinski definition) is 0. The Morgan fingerprint density at radius 2 is 2.22 bits per heavy atom. The Balaban J connectivity index is 3.24. The van der Waals surface area contributed by atoms with E-state index >= 15 is 0 Å². The molecule has 0 unspecified atom stereocenters. The van der Waals surface area contributed by atoms with Gasteiger partial charge in [-0.15, -0.1) is 16.6 Å². The van der Waals surface area contributed by atoms with Gasteiger partial charge in [-0.2, -0.15) is 0 Å². The highest BCUT2D eigenvalue weighted by atomic mass is 15.3. The van der Waals surface area contributed by atoms with E-state index in [1.54, 1.807) is 4.57 Å². The van der Waals surface area contributed by atoms with Gasteiger partial charge in [0.2, 0.25) is 5.82 Å². The Labute approximate surface area is 53.7 Å². The van der Waals surface area contributed by atoms with Gasteiger partial charge in [0, 0.05) is 7.05 Å². The summed E-state index contributed by atoms with van der Waals surface area (Å²) in [5, 5.41) is 7.47. The molecular weight excluding hydrogens is 114 g/mol. The first-order valence-corrected chi connectivity index (χ1v) is 2.58. The van der Waals surface area contributed by atoms with Crippen molar-refractivity contribution in [1.82, 2.24) is 14.8 Å². The SMILES string of the molecule is C#Cc1nnc(C)n1C. The van der Waals surface area contributed by atoms with E-state index in [1.165, 1.54) is 0 Å². The second kappa shape index (κ2) is 1.90. The molecule has 0 N–H and O–H groups in total. The lowest BCUT2D eigenvalue weighted by Crippen LogP contribution is -1.93. The molecule has 9 heavy (non-hydrogen) atoms. The third kappa shape index (κ3) is 0.789. The molecule has 0 atom stereocenters. The fourth-order valence-electron chi connectivity index (χ4n) is 0.533. The van der Waals surface area contributed by atoms with Crippen LogP contribution in [-0.2, 0) is 7.05 Å². The molecule has 0 aliphatic heterocycles. The van der Waals surface area contributed by atoms with Crippen molar-refractivity contribution >= 4 is 0 Å². The van der Waals surface area contributed by atoms with Gasteiger partial charge in [0.05, 0.1) is 0 Å². The number of aromatic nitrogens is 3. The van der Waals surface area contributed by atoms with Gasteiger partial charge in [-0.05, 0) is 12.8 Å². The second-order valence-electron chi connectivity index (χ2n) is 1.77. The van der Waals surface area contributed by atoms with E-state index in [-0.39, 0.29) is 0 Å². The first-order chi connectivity index (χ1) is 4.25. The standard InChI is InChI=1S/C6H7N3/c1-4-6-8-7-5(2)9(6)3/h1H,2-3H3. The highest BCUT2D eigenvalue weighted by Crippen LogP contribution is 1.92. The molecule has 0 aromatic carbocycles. The summed E-state index contributed by atoms with van der Waals surface area (Å²) in [5.74, 6) is 3.82. The lowest BCUT2D eigenvalue weighted by molar-refractivity contribution is 0.846. The normalized spacial score (nSPS) is 9.00. The largest absolute Gasteiger partial charge is 0.308 e. The van der Waals surface area contributed by atoms with Crippen molar-refractivity contribution in [2.24, 2.45) is 7.05 Å². The van der Waals surface area contributed by atoms with E-state index in [1.807, 2.05) is 14.0 Å². The van der Waals surface area contributed by atoms with Gasteiger partial charge in [-0.1, -0.05) is 0 Å². The molecule has 0 fully saturated rings. The van der Waals surface area contributed by atoms with Crippen molar-refractivity contribution in [3.8, 4) is 12.3 Å². The lowest BCUT2D eigenvalue weighted by atomic mass is 10.6. The van der Waals surface area contributed by atoms with Crippen LogP contribution in [0.15, 0.2) is 0 Å². The van der Waals surface area contributed by atoms with Crippen molar-refractivity contribution in [1.29, 1.82) is 0 Å².